The molecule has 4 nitrogen and oxygen atoms in total. The number of hydrogen-bond donors (Lipinski definition) is 1. The Bertz CT molecular complexity index is 471. The quantitative estimate of drug-likeness (QED) is 0.800. The molecule has 0 saturated carbocycles. The summed E-state index contributed by atoms with van der Waals surface area (Å²) in [6.45, 7) is 6.38. The van der Waals surface area contributed by atoms with E-state index in [4.69, 9.17) is 10.5 Å². The van der Waals surface area contributed by atoms with Gasteiger partial charge in [0, 0.05) is 6.54 Å². The van der Waals surface area contributed by atoms with Crippen LogP contribution >= 0.6 is 0 Å². The van der Waals surface area contributed by atoms with Crippen molar-refractivity contribution in [3.05, 3.63) is 27.7 Å². The SMILES string of the molecule is Cc1cc(N=O)c(C)c2c1OC(C)(CN)CC2. The number of nitrogens with two attached hydrogens (primary N) is 1. The van der Waals surface area contributed by atoms with Crippen LogP contribution in [0.4, 0.5) is 5.69 Å². The van der Waals surface area contributed by atoms with Crippen molar-refractivity contribution in [3.8, 4) is 5.75 Å². The Labute approximate surface area is 101 Å². The Kier molecular flexibility index (Phi) is 2.91. The summed E-state index contributed by atoms with van der Waals surface area (Å²) in [6, 6.07) is 1.78. The lowest BCUT2D eigenvalue weighted by atomic mass is 9.88. The zero-order valence-electron chi connectivity index (χ0n) is 10.5. The molecule has 2 rings (SSSR count). The van der Waals surface area contributed by atoms with Gasteiger partial charge < -0.3 is 10.5 Å². The maximum atomic E-state index is 10.7. The molecule has 0 aliphatic carbocycles. The molecule has 1 aromatic carbocycles. The molecule has 1 heterocycles. The summed E-state index contributed by atoms with van der Waals surface area (Å²) in [5.41, 5.74) is 8.96. The van der Waals surface area contributed by atoms with E-state index in [0.29, 0.717) is 12.2 Å². The predicted molar refractivity (Wildman–Crippen MR) is 67.8 cm³/mol. The third-order valence-corrected chi connectivity index (χ3v) is 3.60. The normalized spacial score (nSPS) is 22.8. The molecule has 0 spiro atoms. The molecule has 2 N–H and O–H groups in total. The van der Waals surface area contributed by atoms with Crippen molar-refractivity contribution in [2.75, 3.05) is 6.54 Å². The lowest BCUT2D eigenvalue weighted by Gasteiger charge is -2.36. The summed E-state index contributed by atoms with van der Waals surface area (Å²) < 4.78 is 6.01. The van der Waals surface area contributed by atoms with E-state index in [1.165, 1.54) is 0 Å². The van der Waals surface area contributed by atoms with Crippen LogP contribution in [-0.4, -0.2) is 12.1 Å². The number of nitrogens with zero attached hydrogens (tertiary/aromatic N) is 1. The van der Waals surface area contributed by atoms with Gasteiger partial charge in [0.05, 0.1) is 0 Å². The van der Waals surface area contributed by atoms with Crippen molar-refractivity contribution >= 4 is 5.69 Å². The van der Waals surface area contributed by atoms with Crippen molar-refractivity contribution < 1.29 is 4.74 Å². The molecule has 0 aromatic heterocycles. The fraction of sp³-hybridized carbons (Fsp3) is 0.538. The fourth-order valence-electron chi connectivity index (χ4n) is 2.31. The number of hydrogen-bond acceptors (Lipinski definition) is 4. The van der Waals surface area contributed by atoms with Crippen LogP contribution in [0.5, 0.6) is 5.75 Å². The topological polar surface area (TPSA) is 64.7 Å². The van der Waals surface area contributed by atoms with E-state index in [1.807, 2.05) is 20.8 Å². The van der Waals surface area contributed by atoms with Crippen LogP contribution in [0.15, 0.2) is 11.2 Å². The lowest BCUT2D eigenvalue weighted by Crippen LogP contribution is -2.43. The van der Waals surface area contributed by atoms with Crippen molar-refractivity contribution in [1.29, 1.82) is 0 Å². The van der Waals surface area contributed by atoms with Crippen molar-refractivity contribution in [2.24, 2.45) is 10.9 Å². The first-order valence-electron chi connectivity index (χ1n) is 5.86. The van der Waals surface area contributed by atoms with Gasteiger partial charge in [-0.25, -0.2) is 0 Å². The summed E-state index contributed by atoms with van der Waals surface area (Å²) in [5.74, 6) is 0.883. The molecule has 0 bridgehead atoms. The van der Waals surface area contributed by atoms with Gasteiger partial charge in [0.25, 0.3) is 0 Å². The molecule has 0 fully saturated rings. The molecule has 0 amide bonds. The predicted octanol–water partition coefficient (Wildman–Crippen LogP) is 2.74. The first-order chi connectivity index (χ1) is 8.00. The maximum absolute atomic E-state index is 10.7. The van der Waals surface area contributed by atoms with Crippen LogP contribution in [0.3, 0.4) is 0 Å². The second kappa shape index (κ2) is 4.11. The molecule has 1 atom stereocenters. The Morgan fingerprint density at radius 3 is 2.82 bits per heavy atom. The van der Waals surface area contributed by atoms with Gasteiger partial charge in [0.1, 0.15) is 17.0 Å². The van der Waals surface area contributed by atoms with Crippen molar-refractivity contribution in [3.63, 3.8) is 0 Å². The molecule has 17 heavy (non-hydrogen) atoms. The molecule has 1 unspecified atom stereocenters. The van der Waals surface area contributed by atoms with E-state index in [2.05, 4.69) is 5.18 Å². The van der Waals surface area contributed by atoms with Crippen molar-refractivity contribution in [2.45, 2.75) is 39.2 Å². The molecular weight excluding hydrogens is 216 g/mol. The number of nitroso groups, excluding NO2 is 1. The monoisotopic (exact) mass is 234 g/mol. The Morgan fingerprint density at radius 2 is 2.24 bits per heavy atom. The molecular formula is C13H18N2O2. The van der Waals surface area contributed by atoms with Gasteiger partial charge >= 0.3 is 0 Å². The zero-order valence-corrected chi connectivity index (χ0v) is 10.5. The highest BCUT2D eigenvalue weighted by atomic mass is 16.5. The van der Waals surface area contributed by atoms with E-state index in [1.54, 1.807) is 6.07 Å². The van der Waals surface area contributed by atoms with E-state index in [9.17, 15) is 4.91 Å². The van der Waals surface area contributed by atoms with Gasteiger partial charge in [-0.15, -0.1) is 4.91 Å². The highest BCUT2D eigenvalue weighted by Gasteiger charge is 2.32. The maximum Gasteiger partial charge on any atom is 0.126 e. The number of rotatable bonds is 2. The van der Waals surface area contributed by atoms with Crippen LogP contribution in [0.2, 0.25) is 0 Å². The third kappa shape index (κ3) is 1.93. The van der Waals surface area contributed by atoms with E-state index in [-0.39, 0.29) is 5.60 Å². The summed E-state index contributed by atoms with van der Waals surface area (Å²) in [4.78, 5) is 10.7. The first kappa shape index (κ1) is 12.0. The highest BCUT2D eigenvalue weighted by Crippen LogP contribution is 2.40. The number of benzene rings is 1. The Hall–Kier alpha value is -1.42. The molecule has 1 aliphatic rings. The van der Waals surface area contributed by atoms with Crippen LogP contribution in [0, 0.1) is 18.8 Å². The second-order valence-corrected chi connectivity index (χ2v) is 4.99. The van der Waals surface area contributed by atoms with Gasteiger partial charge in [-0.2, -0.15) is 0 Å². The average Bonchev–Trinajstić information content (AvgIpc) is 2.33. The highest BCUT2D eigenvalue weighted by molar-refractivity contribution is 5.59. The van der Waals surface area contributed by atoms with Gasteiger partial charge in [0.2, 0.25) is 0 Å². The molecule has 4 heteroatoms. The van der Waals surface area contributed by atoms with Crippen LogP contribution in [0.1, 0.15) is 30.0 Å². The number of ether oxygens (including phenoxy) is 1. The van der Waals surface area contributed by atoms with Gasteiger partial charge in [0.15, 0.2) is 0 Å². The first-order valence-corrected chi connectivity index (χ1v) is 5.86. The summed E-state index contributed by atoms with van der Waals surface area (Å²) in [6.07, 6.45) is 1.76. The summed E-state index contributed by atoms with van der Waals surface area (Å²) in [7, 11) is 0. The van der Waals surface area contributed by atoms with Crippen LogP contribution in [0.25, 0.3) is 0 Å². The number of aryl methyl sites for hydroxylation is 1. The van der Waals surface area contributed by atoms with E-state index < -0.39 is 0 Å². The van der Waals surface area contributed by atoms with Gasteiger partial charge in [-0.1, -0.05) is 0 Å². The van der Waals surface area contributed by atoms with Crippen LogP contribution in [-0.2, 0) is 6.42 Å². The second-order valence-electron chi connectivity index (χ2n) is 4.99. The minimum absolute atomic E-state index is 0.291. The average molecular weight is 234 g/mol. The van der Waals surface area contributed by atoms with Gasteiger partial charge in [-0.3, -0.25) is 0 Å². The third-order valence-electron chi connectivity index (χ3n) is 3.60. The minimum Gasteiger partial charge on any atom is -0.486 e. The summed E-state index contributed by atoms with van der Waals surface area (Å²) >= 11 is 0. The Morgan fingerprint density at radius 1 is 1.53 bits per heavy atom. The molecule has 1 aliphatic heterocycles. The fourth-order valence-corrected chi connectivity index (χ4v) is 2.31. The lowest BCUT2D eigenvalue weighted by molar-refractivity contribution is 0.0727. The minimum atomic E-state index is -0.291. The smallest absolute Gasteiger partial charge is 0.126 e. The molecule has 92 valence electrons. The zero-order chi connectivity index (χ0) is 12.6. The standard InChI is InChI=1S/C13H18N2O2/c1-8-6-11(15-16)9(2)10-4-5-13(3,7-14)17-12(8)10/h6H,4-5,7,14H2,1-3H3. The van der Waals surface area contributed by atoms with Gasteiger partial charge in [-0.05, 0) is 61.5 Å². The van der Waals surface area contributed by atoms with E-state index in [0.717, 1.165) is 35.3 Å². The number of fused-ring (bicyclic) bond motifs is 1. The molecule has 0 saturated heterocycles. The largest absolute Gasteiger partial charge is 0.486 e. The van der Waals surface area contributed by atoms with Crippen LogP contribution < -0.4 is 10.5 Å². The van der Waals surface area contributed by atoms with Crippen molar-refractivity contribution in [1.82, 2.24) is 0 Å². The summed E-state index contributed by atoms with van der Waals surface area (Å²) in [5, 5.41) is 3.07. The van der Waals surface area contributed by atoms with E-state index >= 15 is 0 Å². The molecule has 1 aromatic rings. The Balaban J connectivity index is 2.53. The molecule has 0 radical (unpaired) electrons.